The molecule has 6 heteroatoms. The van der Waals surface area contributed by atoms with Gasteiger partial charge in [0.05, 0.1) is 11.4 Å². The van der Waals surface area contributed by atoms with Crippen molar-refractivity contribution in [2.45, 2.75) is 42.9 Å². The second-order valence-corrected chi connectivity index (χ2v) is 10.0. The largest absolute Gasteiger partial charge is 0.481 e. The third kappa shape index (κ3) is 3.47. The fourth-order valence-electron chi connectivity index (χ4n) is 6.77. The van der Waals surface area contributed by atoms with Crippen LogP contribution in [0, 0.1) is 0 Å². The van der Waals surface area contributed by atoms with E-state index in [1.54, 1.807) is 12.4 Å². The lowest BCUT2D eigenvalue weighted by molar-refractivity contribution is -0.138. The molecule has 2 unspecified atom stereocenters. The average Bonchev–Trinajstić information content (AvgIpc) is 3.35. The van der Waals surface area contributed by atoms with E-state index in [9.17, 15) is 19.8 Å². The third-order valence-electron chi connectivity index (χ3n) is 8.18. The smallest absolute Gasteiger partial charge is 0.303 e. The molecule has 0 bridgehead atoms. The van der Waals surface area contributed by atoms with Crippen LogP contribution in [0.5, 0.6) is 0 Å². The Bertz CT molecular complexity index is 1340. The van der Waals surface area contributed by atoms with Gasteiger partial charge in [-0.3, -0.25) is 19.6 Å². The molecule has 6 rings (SSSR count). The van der Waals surface area contributed by atoms with Crippen LogP contribution in [0.1, 0.15) is 54.4 Å². The summed E-state index contributed by atoms with van der Waals surface area (Å²) >= 11 is 0. The zero-order valence-corrected chi connectivity index (χ0v) is 20.2. The Morgan fingerprint density at radius 2 is 1.00 bits per heavy atom. The SMILES string of the molecule is O=C(O)CCC1(CC2(CCC(=O)O)c3ccccc3-c3ncccc32)c2ccccc2-c2ncccc21. The second kappa shape index (κ2) is 8.66. The first-order chi connectivity index (χ1) is 18.0. The number of pyridine rings is 2. The summed E-state index contributed by atoms with van der Waals surface area (Å²) in [5.41, 5.74) is 6.53. The van der Waals surface area contributed by atoms with Crippen molar-refractivity contribution in [2.24, 2.45) is 0 Å². The maximum absolute atomic E-state index is 11.9. The van der Waals surface area contributed by atoms with Crippen molar-refractivity contribution in [3.63, 3.8) is 0 Å². The summed E-state index contributed by atoms with van der Waals surface area (Å²) in [4.78, 5) is 33.4. The van der Waals surface area contributed by atoms with Gasteiger partial charge in [0.1, 0.15) is 0 Å². The summed E-state index contributed by atoms with van der Waals surface area (Å²) in [5, 5.41) is 19.6. The molecule has 2 atom stereocenters. The Morgan fingerprint density at radius 3 is 1.43 bits per heavy atom. The van der Waals surface area contributed by atoms with Crippen LogP contribution in [0.15, 0.2) is 85.2 Å². The zero-order chi connectivity index (χ0) is 25.6. The van der Waals surface area contributed by atoms with E-state index in [2.05, 4.69) is 24.3 Å². The van der Waals surface area contributed by atoms with Crippen LogP contribution in [0.3, 0.4) is 0 Å². The number of hydrogen-bond donors (Lipinski definition) is 2. The summed E-state index contributed by atoms with van der Waals surface area (Å²) in [6.07, 6.45) is 4.79. The van der Waals surface area contributed by atoms with Gasteiger partial charge >= 0.3 is 11.9 Å². The molecule has 0 fully saturated rings. The van der Waals surface area contributed by atoms with Crippen molar-refractivity contribution in [3.8, 4) is 22.5 Å². The number of rotatable bonds is 8. The number of carbonyl (C=O) groups is 2. The summed E-state index contributed by atoms with van der Waals surface area (Å²) in [5.74, 6) is -1.72. The van der Waals surface area contributed by atoms with E-state index in [0.717, 1.165) is 44.8 Å². The van der Waals surface area contributed by atoms with Crippen molar-refractivity contribution in [2.75, 3.05) is 0 Å². The highest BCUT2D eigenvalue weighted by molar-refractivity contribution is 5.82. The van der Waals surface area contributed by atoms with Gasteiger partial charge in [-0.2, -0.15) is 0 Å². The fourth-order valence-corrected chi connectivity index (χ4v) is 6.77. The van der Waals surface area contributed by atoms with Crippen LogP contribution in [0.25, 0.3) is 22.5 Å². The van der Waals surface area contributed by atoms with E-state index in [1.807, 2.05) is 48.5 Å². The molecule has 0 spiro atoms. The molecule has 0 aliphatic heterocycles. The molecule has 2 heterocycles. The van der Waals surface area contributed by atoms with Crippen LogP contribution >= 0.6 is 0 Å². The van der Waals surface area contributed by atoms with E-state index < -0.39 is 22.8 Å². The Hall–Kier alpha value is -4.32. The lowest BCUT2D eigenvalue weighted by Crippen LogP contribution is -2.38. The molecule has 184 valence electrons. The second-order valence-electron chi connectivity index (χ2n) is 10.0. The molecule has 0 saturated heterocycles. The van der Waals surface area contributed by atoms with E-state index in [-0.39, 0.29) is 12.8 Å². The predicted octanol–water partition coefficient (Wildman–Crippen LogP) is 5.83. The van der Waals surface area contributed by atoms with Gasteiger partial charge in [0.2, 0.25) is 0 Å². The van der Waals surface area contributed by atoms with Gasteiger partial charge in [0, 0.05) is 47.2 Å². The van der Waals surface area contributed by atoms with Crippen molar-refractivity contribution < 1.29 is 19.8 Å². The summed E-state index contributed by atoms with van der Waals surface area (Å²) < 4.78 is 0. The number of carboxylic acids is 2. The molecule has 4 aromatic rings. The van der Waals surface area contributed by atoms with Crippen LogP contribution in [0.4, 0.5) is 0 Å². The molecule has 0 amide bonds. The quantitative estimate of drug-likeness (QED) is 0.322. The lowest BCUT2D eigenvalue weighted by atomic mass is 9.60. The highest BCUT2D eigenvalue weighted by atomic mass is 16.4. The zero-order valence-electron chi connectivity index (χ0n) is 20.2. The number of aliphatic carboxylic acids is 2. The Labute approximate surface area is 214 Å². The minimum Gasteiger partial charge on any atom is -0.481 e. The van der Waals surface area contributed by atoms with Crippen LogP contribution in [-0.2, 0) is 20.4 Å². The molecule has 0 saturated carbocycles. The van der Waals surface area contributed by atoms with Crippen molar-refractivity contribution in [3.05, 3.63) is 107 Å². The normalized spacial score (nSPS) is 20.5. The number of nitrogens with zero attached hydrogens (tertiary/aromatic N) is 2. The minimum atomic E-state index is -0.859. The van der Waals surface area contributed by atoms with Gasteiger partial charge in [0.15, 0.2) is 0 Å². The van der Waals surface area contributed by atoms with Crippen LogP contribution in [0.2, 0.25) is 0 Å². The summed E-state index contributed by atoms with van der Waals surface area (Å²) in [6, 6.07) is 24.1. The minimum absolute atomic E-state index is 0.0147. The Kier molecular flexibility index (Phi) is 5.41. The van der Waals surface area contributed by atoms with E-state index in [1.165, 1.54) is 0 Å². The lowest BCUT2D eigenvalue weighted by Gasteiger charge is -2.42. The van der Waals surface area contributed by atoms with Gasteiger partial charge in [-0.1, -0.05) is 60.7 Å². The van der Waals surface area contributed by atoms with Gasteiger partial charge in [0.25, 0.3) is 0 Å². The number of fused-ring (bicyclic) bond motifs is 6. The molecule has 37 heavy (non-hydrogen) atoms. The average molecular weight is 491 g/mol. The van der Waals surface area contributed by atoms with E-state index in [4.69, 9.17) is 9.97 Å². The fraction of sp³-hybridized carbons (Fsp3) is 0.226. The molecular weight excluding hydrogens is 464 g/mol. The first-order valence-electron chi connectivity index (χ1n) is 12.5. The third-order valence-corrected chi connectivity index (χ3v) is 8.18. The maximum atomic E-state index is 11.9. The van der Waals surface area contributed by atoms with E-state index >= 15 is 0 Å². The standard InChI is InChI=1S/C31H26N2O4/c34-26(35)13-15-30(22-9-3-1-7-20(22)28-24(30)11-5-17-32-28)19-31(16-14-27(36)37)23-10-4-2-8-21(23)29-25(31)12-6-18-33-29/h1-12,17-18H,13-16,19H2,(H,34,35)(H,36,37). The number of benzene rings is 2. The molecule has 2 aliphatic rings. The van der Waals surface area contributed by atoms with Gasteiger partial charge < -0.3 is 10.2 Å². The molecule has 2 N–H and O–H groups in total. The predicted molar refractivity (Wildman–Crippen MR) is 139 cm³/mol. The first kappa shape index (κ1) is 23.1. The van der Waals surface area contributed by atoms with Crippen molar-refractivity contribution >= 4 is 11.9 Å². The molecule has 0 radical (unpaired) electrons. The van der Waals surface area contributed by atoms with Gasteiger partial charge in [-0.25, -0.2) is 0 Å². The van der Waals surface area contributed by atoms with Crippen molar-refractivity contribution in [1.29, 1.82) is 0 Å². The molecule has 2 aromatic carbocycles. The topological polar surface area (TPSA) is 100 Å². The molecular formula is C31H26N2O4. The van der Waals surface area contributed by atoms with Crippen molar-refractivity contribution in [1.82, 2.24) is 9.97 Å². The summed E-state index contributed by atoms with van der Waals surface area (Å²) in [7, 11) is 0. The molecule has 2 aliphatic carbocycles. The van der Waals surface area contributed by atoms with Crippen LogP contribution < -0.4 is 0 Å². The monoisotopic (exact) mass is 490 g/mol. The van der Waals surface area contributed by atoms with E-state index in [0.29, 0.717) is 19.3 Å². The summed E-state index contributed by atoms with van der Waals surface area (Å²) in [6.45, 7) is 0. The molecule has 2 aromatic heterocycles. The van der Waals surface area contributed by atoms with Gasteiger partial charge in [-0.05, 0) is 53.6 Å². The molecule has 6 nitrogen and oxygen atoms in total. The first-order valence-corrected chi connectivity index (χ1v) is 12.5. The van der Waals surface area contributed by atoms with Gasteiger partial charge in [-0.15, -0.1) is 0 Å². The Balaban J connectivity index is 1.64. The number of aromatic nitrogens is 2. The highest BCUT2D eigenvalue weighted by Crippen LogP contribution is 2.61. The highest BCUT2D eigenvalue weighted by Gasteiger charge is 2.53. The number of hydrogen-bond acceptors (Lipinski definition) is 4. The van der Waals surface area contributed by atoms with Crippen LogP contribution in [-0.4, -0.2) is 32.1 Å². The maximum Gasteiger partial charge on any atom is 0.303 e. The number of carboxylic acid groups (broad SMARTS) is 2. The Morgan fingerprint density at radius 1 is 0.595 bits per heavy atom.